The number of carbonyl (C=O) groups is 2. The second kappa shape index (κ2) is 6.96. The minimum atomic E-state index is -1.35. The molecule has 8 heteroatoms. The number of benzene rings is 1. The number of carbonyl (C=O) groups excluding carboxylic acids is 1. The van der Waals surface area contributed by atoms with Crippen LogP contribution in [0.15, 0.2) is 58.1 Å². The summed E-state index contributed by atoms with van der Waals surface area (Å²) in [4.78, 5) is 25.2. The smallest absolute Gasteiger partial charge is 0.335 e. The maximum Gasteiger partial charge on any atom is 0.335 e. The van der Waals surface area contributed by atoms with Crippen LogP contribution in [-0.2, 0) is 4.79 Å². The zero-order valence-corrected chi connectivity index (χ0v) is 14.2. The Balaban J connectivity index is 1.87. The summed E-state index contributed by atoms with van der Waals surface area (Å²) in [5.41, 5.74) is -0.161. The van der Waals surface area contributed by atoms with Crippen LogP contribution in [0.2, 0.25) is 0 Å². The van der Waals surface area contributed by atoms with E-state index in [1.165, 1.54) is 11.0 Å². The average Bonchev–Trinajstić information content (AvgIpc) is 3.17. The van der Waals surface area contributed by atoms with Gasteiger partial charge in [-0.05, 0) is 36.4 Å². The highest BCUT2D eigenvalue weighted by Gasteiger charge is 2.33. The van der Waals surface area contributed by atoms with E-state index in [9.17, 15) is 14.7 Å². The largest absolute Gasteiger partial charge is 0.872 e. The third-order valence-electron chi connectivity index (χ3n) is 3.30. The van der Waals surface area contributed by atoms with Crippen LogP contribution in [0.1, 0.15) is 16.1 Å². The highest BCUT2D eigenvalue weighted by atomic mass is 32.2. The first-order chi connectivity index (χ1) is 12.0. The summed E-state index contributed by atoms with van der Waals surface area (Å²) in [6, 6.07) is 7.16. The van der Waals surface area contributed by atoms with E-state index in [-0.39, 0.29) is 15.9 Å². The van der Waals surface area contributed by atoms with E-state index in [0.717, 1.165) is 23.9 Å². The van der Waals surface area contributed by atoms with Crippen LogP contribution >= 0.6 is 24.0 Å². The van der Waals surface area contributed by atoms with Gasteiger partial charge in [0.25, 0.3) is 5.91 Å². The fourth-order valence-corrected chi connectivity index (χ4v) is 3.40. The number of rotatable bonds is 4. The first-order valence-electron chi connectivity index (χ1n) is 7.00. The Kier molecular flexibility index (Phi) is 4.73. The topological polar surface area (TPSA) is 93.8 Å². The summed E-state index contributed by atoms with van der Waals surface area (Å²) in [6.07, 6.45) is 6.50. The molecule has 1 aromatic heterocycles. The number of nitrogens with zero attached hydrogens (tertiary/aromatic N) is 1. The monoisotopic (exact) mass is 372 g/mol. The normalized spacial score (nSPS) is 16.3. The van der Waals surface area contributed by atoms with Crippen LogP contribution in [-0.4, -0.2) is 21.3 Å². The van der Waals surface area contributed by atoms with Gasteiger partial charge in [0.2, 0.25) is 0 Å². The number of hydrogen-bond acceptors (Lipinski definition) is 6. The number of anilines is 1. The molecule has 0 saturated carbocycles. The van der Waals surface area contributed by atoms with Gasteiger partial charge < -0.3 is 14.6 Å². The number of carboxylic acid groups (broad SMARTS) is 1. The summed E-state index contributed by atoms with van der Waals surface area (Å²) in [5, 5.41) is 20.6. The van der Waals surface area contributed by atoms with Crippen molar-refractivity contribution in [2.24, 2.45) is 0 Å². The SMILES string of the molecule is O=C(O)c1cc(N2C(=O)/C(=C/C=C/c3ccco3)SC2=S)ccc1[O-]. The quantitative estimate of drug-likeness (QED) is 0.651. The molecule has 1 amide bonds. The standard InChI is InChI=1S/C17H11NO5S2/c19-13-7-6-10(9-12(13)16(21)22)18-15(20)14(25-17(18)24)5-1-3-11-4-2-8-23-11/h1-9,19H,(H,21,22)/p-1/b3-1+,14-5-. The van der Waals surface area contributed by atoms with Crippen molar-refractivity contribution in [2.45, 2.75) is 0 Å². The van der Waals surface area contributed by atoms with Crippen molar-refractivity contribution in [3.8, 4) is 5.75 Å². The number of amides is 1. The molecule has 2 aromatic rings. The number of hydrogen-bond donors (Lipinski definition) is 1. The molecular formula is C17H10NO5S2-. The second-order valence-electron chi connectivity index (χ2n) is 4.90. The lowest BCUT2D eigenvalue weighted by molar-refractivity contribution is -0.268. The summed E-state index contributed by atoms with van der Waals surface area (Å²) in [7, 11) is 0. The number of carboxylic acids is 1. The number of aromatic carboxylic acids is 1. The predicted molar refractivity (Wildman–Crippen MR) is 96.3 cm³/mol. The zero-order valence-electron chi connectivity index (χ0n) is 12.5. The Morgan fingerprint density at radius 3 is 2.84 bits per heavy atom. The van der Waals surface area contributed by atoms with Crippen molar-refractivity contribution in [1.82, 2.24) is 0 Å². The van der Waals surface area contributed by atoms with Crippen LogP contribution in [0.25, 0.3) is 6.08 Å². The van der Waals surface area contributed by atoms with Gasteiger partial charge in [-0.15, -0.1) is 0 Å². The molecular weight excluding hydrogens is 362 g/mol. The van der Waals surface area contributed by atoms with E-state index < -0.39 is 17.3 Å². The van der Waals surface area contributed by atoms with E-state index in [4.69, 9.17) is 21.7 Å². The van der Waals surface area contributed by atoms with E-state index in [2.05, 4.69) is 0 Å². The molecule has 1 aliphatic rings. The molecule has 3 rings (SSSR count). The van der Waals surface area contributed by atoms with Crippen molar-refractivity contribution in [3.63, 3.8) is 0 Å². The van der Waals surface area contributed by atoms with Gasteiger partial charge in [-0.2, -0.15) is 0 Å². The van der Waals surface area contributed by atoms with E-state index >= 15 is 0 Å². The lowest BCUT2D eigenvalue weighted by Gasteiger charge is -2.18. The molecule has 1 fully saturated rings. The molecule has 1 aliphatic heterocycles. The van der Waals surface area contributed by atoms with Crippen molar-refractivity contribution in [3.05, 3.63) is 65.0 Å². The molecule has 0 atom stereocenters. The molecule has 1 saturated heterocycles. The molecule has 1 N–H and O–H groups in total. The number of thioether (sulfide) groups is 1. The van der Waals surface area contributed by atoms with Crippen LogP contribution in [0, 0.1) is 0 Å². The van der Waals surface area contributed by atoms with Gasteiger partial charge in [-0.25, -0.2) is 4.79 Å². The summed E-state index contributed by atoms with van der Waals surface area (Å²) >= 11 is 6.30. The Hall–Kier alpha value is -2.84. The third-order valence-corrected chi connectivity index (χ3v) is 4.62. The molecule has 0 bridgehead atoms. The Bertz CT molecular complexity index is 915. The number of furan rings is 1. The first kappa shape index (κ1) is 17.0. The van der Waals surface area contributed by atoms with Crippen LogP contribution in [0.3, 0.4) is 0 Å². The molecule has 25 heavy (non-hydrogen) atoms. The molecule has 0 unspecified atom stereocenters. The van der Waals surface area contributed by atoms with Gasteiger partial charge in [0, 0.05) is 0 Å². The predicted octanol–water partition coefficient (Wildman–Crippen LogP) is 3.01. The molecule has 126 valence electrons. The van der Waals surface area contributed by atoms with Gasteiger partial charge >= 0.3 is 5.97 Å². The minimum absolute atomic E-state index is 0.248. The maximum absolute atomic E-state index is 12.5. The van der Waals surface area contributed by atoms with Crippen LogP contribution in [0.4, 0.5) is 5.69 Å². The van der Waals surface area contributed by atoms with E-state index in [1.807, 2.05) is 0 Å². The molecule has 2 heterocycles. The second-order valence-corrected chi connectivity index (χ2v) is 6.58. The van der Waals surface area contributed by atoms with Gasteiger partial charge in [0.05, 0.1) is 22.4 Å². The van der Waals surface area contributed by atoms with Crippen LogP contribution < -0.4 is 10.0 Å². The van der Waals surface area contributed by atoms with Gasteiger partial charge in [-0.3, -0.25) is 9.69 Å². The van der Waals surface area contributed by atoms with Crippen molar-refractivity contribution in [1.29, 1.82) is 0 Å². The first-order valence-corrected chi connectivity index (χ1v) is 8.22. The molecule has 0 aliphatic carbocycles. The molecule has 6 nitrogen and oxygen atoms in total. The highest BCUT2D eigenvalue weighted by molar-refractivity contribution is 8.27. The molecule has 0 spiro atoms. The average molecular weight is 372 g/mol. The lowest BCUT2D eigenvalue weighted by Crippen LogP contribution is -2.27. The molecule has 1 aromatic carbocycles. The summed E-state index contributed by atoms with van der Waals surface area (Å²) < 4.78 is 5.42. The maximum atomic E-state index is 12.5. The minimum Gasteiger partial charge on any atom is -0.872 e. The van der Waals surface area contributed by atoms with Crippen molar-refractivity contribution < 1.29 is 24.2 Å². The highest BCUT2D eigenvalue weighted by Crippen LogP contribution is 2.36. The zero-order chi connectivity index (χ0) is 18.0. The summed E-state index contributed by atoms with van der Waals surface area (Å²) in [6.45, 7) is 0. The van der Waals surface area contributed by atoms with Gasteiger partial charge in [0.15, 0.2) is 4.32 Å². The lowest BCUT2D eigenvalue weighted by atomic mass is 10.1. The number of thiocarbonyl (C=S) groups is 1. The van der Waals surface area contributed by atoms with Gasteiger partial charge in [0.1, 0.15) is 5.76 Å². The third kappa shape index (κ3) is 3.49. The number of allylic oxidation sites excluding steroid dienone is 2. The van der Waals surface area contributed by atoms with Gasteiger partial charge in [-0.1, -0.05) is 41.9 Å². The van der Waals surface area contributed by atoms with Crippen molar-refractivity contribution in [2.75, 3.05) is 4.90 Å². The van der Waals surface area contributed by atoms with Crippen molar-refractivity contribution >= 4 is 51.9 Å². The Labute approximate surface area is 152 Å². The fraction of sp³-hybridized carbons (Fsp3) is 0. The Morgan fingerprint density at radius 2 is 2.16 bits per heavy atom. The Morgan fingerprint density at radius 1 is 1.36 bits per heavy atom. The van der Waals surface area contributed by atoms with E-state index in [1.54, 1.807) is 36.6 Å². The van der Waals surface area contributed by atoms with E-state index in [0.29, 0.717) is 10.7 Å². The fourth-order valence-electron chi connectivity index (χ4n) is 2.15. The molecule has 0 radical (unpaired) electrons. The summed E-state index contributed by atoms with van der Waals surface area (Å²) in [5.74, 6) is -1.72. The van der Waals surface area contributed by atoms with Crippen LogP contribution in [0.5, 0.6) is 5.75 Å².